The summed E-state index contributed by atoms with van der Waals surface area (Å²) < 4.78 is 2.04. The SMILES string of the molecule is Cn1ccnc1SCCC1(CO)CCC1. The minimum absolute atomic E-state index is 0.248. The van der Waals surface area contributed by atoms with E-state index >= 15 is 0 Å². The van der Waals surface area contributed by atoms with Gasteiger partial charge in [0.15, 0.2) is 5.16 Å². The van der Waals surface area contributed by atoms with Crippen molar-refractivity contribution in [3.63, 3.8) is 0 Å². The molecule has 1 heterocycles. The topological polar surface area (TPSA) is 38.0 Å². The normalized spacial score (nSPS) is 18.8. The Kier molecular flexibility index (Phi) is 3.36. The molecule has 4 heteroatoms. The molecule has 0 amide bonds. The van der Waals surface area contributed by atoms with Crippen LogP contribution in [0, 0.1) is 5.41 Å². The molecule has 0 bridgehead atoms. The van der Waals surface area contributed by atoms with E-state index in [1.54, 1.807) is 11.8 Å². The van der Waals surface area contributed by atoms with E-state index in [4.69, 9.17) is 0 Å². The average Bonchev–Trinajstić information content (AvgIpc) is 2.57. The van der Waals surface area contributed by atoms with Gasteiger partial charge in [0, 0.05) is 31.8 Å². The van der Waals surface area contributed by atoms with Crippen LogP contribution in [0.5, 0.6) is 0 Å². The van der Waals surface area contributed by atoms with Gasteiger partial charge in [-0.15, -0.1) is 0 Å². The van der Waals surface area contributed by atoms with Gasteiger partial charge in [0.25, 0.3) is 0 Å². The Morgan fingerprint density at radius 3 is 2.87 bits per heavy atom. The lowest BCUT2D eigenvalue weighted by atomic mass is 9.68. The minimum Gasteiger partial charge on any atom is -0.396 e. The third-order valence-electron chi connectivity index (χ3n) is 3.39. The van der Waals surface area contributed by atoms with Gasteiger partial charge in [-0.25, -0.2) is 4.98 Å². The van der Waals surface area contributed by atoms with Gasteiger partial charge < -0.3 is 9.67 Å². The molecule has 0 radical (unpaired) electrons. The van der Waals surface area contributed by atoms with Gasteiger partial charge >= 0.3 is 0 Å². The molecule has 3 nitrogen and oxygen atoms in total. The summed E-state index contributed by atoms with van der Waals surface area (Å²) in [5, 5.41) is 10.4. The number of aliphatic hydroxyl groups is 1. The molecule has 2 rings (SSSR count). The molecular formula is C11H18N2OS. The largest absolute Gasteiger partial charge is 0.396 e. The first-order chi connectivity index (χ1) is 7.26. The number of nitrogens with zero attached hydrogens (tertiary/aromatic N) is 2. The molecule has 1 saturated carbocycles. The third kappa shape index (κ3) is 2.37. The van der Waals surface area contributed by atoms with Crippen molar-refractivity contribution in [1.29, 1.82) is 0 Å². The number of thioether (sulfide) groups is 1. The van der Waals surface area contributed by atoms with Gasteiger partial charge in [-0.1, -0.05) is 18.2 Å². The lowest BCUT2D eigenvalue weighted by Gasteiger charge is -2.40. The van der Waals surface area contributed by atoms with Crippen LogP contribution < -0.4 is 0 Å². The molecule has 0 spiro atoms. The maximum absolute atomic E-state index is 9.32. The summed E-state index contributed by atoms with van der Waals surface area (Å²) in [6.07, 6.45) is 8.59. The standard InChI is InChI=1S/C11H18N2OS/c1-13-7-6-12-10(13)15-8-5-11(9-14)3-2-4-11/h6-7,14H,2-5,8-9H2,1H3. The monoisotopic (exact) mass is 226 g/mol. The Balaban J connectivity index is 1.77. The van der Waals surface area contributed by atoms with Crippen LogP contribution >= 0.6 is 11.8 Å². The maximum atomic E-state index is 9.32. The summed E-state index contributed by atoms with van der Waals surface area (Å²) in [4.78, 5) is 4.27. The minimum atomic E-state index is 0.248. The molecule has 15 heavy (non-hydrogen) atoms. The van der Waals surface area contributed by atoms with Crippen LogP contribution in [-0.2, 0) is 7.05 Å². The van der Waals surface area contributed by atoms with Crippen molar-refractivity contribution < 1.29 is 5.11 Å². The Bertz CT molecular complexity index is 315. The van der Waals surface area contributed by atoms with Crippen molar-refractivity contribution in [2.24, 2.45) is 12.5 Å². The molecule has 0 aliphatic heterocycles. The maximum Gasteiger partial charge on any atom is 0.167 e. The van der Waals surface area contributed by atoms with E-state index in [-0.39, 0.29) is 5.41 Å². The number of aliphatic hydroxyl groups excluding tert-OH is 1. The van der Waals surface area contributed by atoms with Crippen LogP contribution in [-0.4, -0.2) is 27.0 Å². The average molecular weight is 226 g/mol. The molecule has 0 aromatic carbocycles. The van der Waals surface area contributed by atoms with Crippen molar-refractivity contribution in [2.75, 3.05) is 12.4 Å². The van der Waals surface area contributed by atoms with Gasteiger partial charge in [0.1, 0.15) is 0 Å². The van der Waals surface area contributed by atoms with Crippen LogP contribution in [0.2, 0.25) is 0 Å². The van der Waals surface area contributed by atoms with E-state index < -0.39 is 0 Å². The summed E-state index contributed by atoms with van der Waals surface area (Å²) in [5.41, 5.74) is 0.248. The predicted molar refractivity (Wildman–Crippen MR) is 61.9 cm³/mol. The van der Waals surface area contributed by atoms with E-state index in [0.717, 1.165) is 17.3 Å². The lowest BCUT2D eigenvalue weighted by molar-refractivity contribution is 0.0421. The van der Waals surface area contributed by atoms with Gasteiger partial charge in [-0.3, -0.25) is 0 Å². The zero-order valence-corrected chi connectivity index (χ0v) is 9.96. The zero-order valence-electron chi connectivity index (χ0n) is 9.15. The highest BCUT2D eigenvalue weighted by atomic mass is 32.2. The highest BCUT2D eigenvalue weighted by Crippen LogP contribution is 2.44. The van der Waals surface area contributed by atoms with Crippen LogP contribution in [0.3, 0.4) is 0 Å². The molecule has 1 aromatic rings. The van der Waals surface area contributed by atoms with Crippen molar-refractivity contribution >= 4 is 11.8 Å². The fourth-order valence-electron chi connectivity index (χ4n) is 2.01. The Morgan fingerprint density at radius 2 is 2.40 bits per heavy atom. The summed E-state index contributed by atoms with van der Waals surface area (Å²) in [5.74, 6) is 1.06. The Hall–Kier alpha value is -0.480. The second-order valence-corrected chi connectivity index (χ2v) is 5.49. The van der Waals surface area contributed by atoms with Gasteiger partial charge in [-0.2, -0.15) is 0 Å². The van der Waals surface area contributed by atoms with Crippen LogP contribution in [0.1, 0.15) is 25.7 Å². The highest BCUT2D eigenvalue weighted by Gasteiger charge is 2.35. The van der Waals surface area contributed by atoms with Crippen LogP contribution in [0.15, 0.2) is 17.6 Å². The molecule has 1 aliphatic carbocycles. The third-order valence-corrected chi connectivity index (χ3v) is 4.45. The van der Waals surface area contributed by atoms with Crippen LogP contribution in [0.25, 0.3) is 0 Å². The predicted octanol–water partition coefficient (Wildman–Crippen LogP) is 2.06. The molecule has 1 fully saturated rings. The van der Waals surface area contributed by atoms with E-state index in [0.29, 0.717) is 6.61 Å². The van der Waals surface area contributed by atoms with Crippen molar-refractivity contribution in [3.05, 3.63) is 12.4 Å². The number of hydrogen-bond donors (Lipinski definition) is 1. The smallest absolute Gasteiger partial charge is 0.167 e. The van der Waals surface area contributed by atoms with Gasteiger partial charge in [0.2, 0.25) is 0 Å². The molecule has 1 aliphatic rings. The van der Waals surface area contributed by atoms with E-state index in [1.165, 1.54) is 19.3 Å². The number of rotatable bonds is 5. The fraction of sp³-hybridized carbons (Fsp3) is 0.727. The van der Waals surface area contributed by atoms with Crippen LogP contribution in [0.4, 0.5) is 0 Å². The number of hydrogen-bond acceptors (Lipinski definition) is 3. The summed E-state index contributed by atoms with van der Waals surface area (Å²) in [7, 11) is 2.01. The molecule has 1 aromatic heterocycles. The van der Waals surface area contributed by atoms with E-state index in [1.807, 2.05) is 24.0 Å². The van der Waals surface area contributed by atoms with Crippen molar-refractivity contribution in [3.8, 4) is 0 Å². The first kappa shape index (κ1) is 11.0. The fourth-order valence-corrected chi connectivity index (χ4v) is 3.13. The molecular weight excluding hydrogens is 208 g/mol. The van der Waals surface area contributed by atoms with Crippen molar-refractivity contribution in [2.45, 2.75) is 30.8 Å². The first-order valence-corrected chi connectivity index (χ1v) is 6.45. The highest BCUT2D eigenvalue weighted by molar-refractivity contribution is 7.99. The molecule has 0 unspecified atom stereocenters. The molecule has 84 valence electrons. The zero-order chi connectivity index (χ0) is 10.7. The van der Waals surface area contributed by atoms with E-state index in [9.17, 15) is 5.11 Å². The summed E-state index contributed by atoms with van der Waals surface area (Å²) >= 11 is 1.79. The van der Waals surface area contributed by atoms with Gasteiger partial charge in [-0.05, 0) is 24.7 Å². The summed E-state index contributed by atoms with van der Waals surface area (Å²) in [6.45, 7) is 0.355. The first-order valence-electron chi connectivity index (χ1n) is 5.47. The quantitative estimate of drug-likeness (QED) is 0.781. The number of imidazole rings is 1. The van der Waals surface area contributed by atoms with E-state index in [2.05, 4.69) is 4.98 Å². The molecule has 1 N–H and O–H groups in total. The second kappa shape index (κ2) is 4.58. The van der Waals surface area contributed by atoms with Crippen molar-refractivity contribution in [1.82, 2.24) is 9.55 Å². The summed E-state index contributed by atoms with van der Waals surface area (Å²) in [6, 6.07) is 0. The number of aromatic nitrogens is 2. The number of aryl methyl sites for hydroxylation is 1. The lowest BCUT2D eigenvalue weighted by Crippen LogP contribution is -2.33. The van der Waals surface area contributed by atoms with Gasteiger partial charge in [0.05, 0.1) is 0 Å². The second-order valence-electron chi connectivity index (χ2n) is 4.43. The molecule has 0 atom stereocenters. The Morgan fingerprint density at radius 1 is 1.60 bits per heavy atom. The molecule has 0 saturated heterocycles. The Labute approximate surface area is 94.9 Å².